The number of aryl methyl sites for hydroxylation is 1. The van der Waals surface area contributed by atoms with Gasteiger partial charge >= 0.3 is 7.12 Å². The molecule has 0 aliphatic carbocycles. The Morgan fingerprint density at radius 1 is 0.957 bits per heavy atom. The number of nitrogens with one attached hydrogen (secondary N) is 1. The number of anilines is 1. The van der Waals surface area contributed by atoms with Crippen LogP contribution >= 0.6 is 0 Å². The molecular weight excluding hydrogens is 289 g/mol. The fourth-order valence-corrected chi connectivity index (χ4v) is 2.49. The highest BCUT2D eigenvalue weighted by Gasteiger charge is 2.12. The summed E-state index contributed by atoms with van der Waals surface area (Å²) in [7, 11) is -1.56. The van der Waals surface area contributed by atoms with Gasteiger partial charge in [0.2, 0.25) is 0 Å². The van der Waals surface area contributed by atoms with Crippen LogP contribution in [0.1, 0.15) is 15.9 Å². The predicted octanol–water partition coefficient (Wildman–Crippen LogP) is 2.08. The quantitative estimate of drug-likeness (QED) is 0.649. The van der Waals surface area contributed by atoms with E-state index in [1.165, 1.54) is 11.6 Å². The van der Waals surface area contributed by atoms with Crippen molar-refractivity contribution >= 4 is 34.9 Å². The smallest absolute Gasteiger partial charge is 0.423 e. The third kappa shape index (κ3) is 3.42. The Morgan fingerprint density at radius 3 is 2.48 bits per heavy atom. The first-order valence-electron chi connectivity index (χ1n) is 7.31. The van der Waals surface area contributed by atoms with Crippen LogP contribution in [0.3, 0.4) is 0 Å². The number of hydrogen-bond donors (Lipinski definition) is 3. The zero-order valence-electron chi connectivity index (χ0n) is 12.7. The molecule has 0 unspecified atom stereocenters. The molecule has 0 aromatic heterocycles. The number of amides is 1. The van der Waals surface area contributed by atoms with Crippen LogP contribution in [0.25, 0.3) is 10.8 Å². The molecule has 0 bridgehead atoms. The summed E-state index contributed by atoms with van der Waals surface area (Å²) in [4.78, 5) is 12.4. The molecule has 3 aromatic carbocycles. The minimum Gasteiger partial charge on any atom is -0.423 e. The second-order valence-corrected chi connectivity index (χ2v) is 5.52. The Labute approximate surface area is 134 Å². The molecule has 3 aromatic rings. The molecule has 0 saturated carbocycles. The van der Waals surface area contributed by atoms with Gasteiger partial charge in [-0.15, -0.1) is 0 Å². The van der Waals surface area contributed by atoms with E-state index < -0.39 is 7.12 Å². The molecule has 0 saturated heterocycles. The Bertz CT molecular complexity index is 877. The predicted molar refractivity (Wildman–Crippen MR) is 92.9 cm³/mol. The van der Waals surface area contributed by atoms with Gasteiger partial charge in [-0.3, -0.25) is 4.79 Å². The van der Waals surface area contributed by atoms with Gasteiger partial charge in [0, 0.05) is 11.3 Å². The highest BCUT2D eigenvalue weighted by atomic mass is 16.4. The normalized spacial score (nSPS) is 10.6. The lowest BCUT2D eigenvalue weighted by molar-refractivity contribution is 0.102. The van der Waals surface area contributed by atoms with Crippen LogP contribution in [-0.2, 0) is 0 Å². The summed E-state index contributed by atoms with van der Waals surface area (Å²) < 4.78 is 0. The van der Waals surface area contributed by atoms with E-state index in [9.17, 15) is 14.8 Å². The molecule has 114 valence electrons. The van der Waals surface area contributed by atoms with Crippen LogP contribution in [0.4, 0.5) is 5.69 Å². The van der Waals surface area contributed by atoms with Gasteiger partial charge in [-0.1, -0.05) is 42.0 Å². The van der Waals surface area contributed by atoms with Crippen molar-refractivity contribution in [1.29, 1.82) is 0 Å². The van der Waals surface area contributed by atoms with Gasteiger partial charge in [-0.05, 0) is 47.4 Å². The number of benzene rings is 3. The largest absolute Gasteiger partial charge is 0.488 e. The highest BCUT2D eigenvalue weighted by Crippen LogP contribution is 2.18. The lowest BCUT2D eigenvalue weighted by Crippen LogP contribution is -2.30. The van der Waals surface area contributed by atoms with E-state index >= 15 is 0 Å². The summed E-state index contributed by atoms with van der Waals surface area (Å²) in [6, 6.07) is 18.1. The second-order valence-electron chi connectivity index (χ2n) is 5.52. The standard InChI is InChI=1S/C18H16BNO3/c1-12-5-6-14-10-15(8-7-13(14)9-12)18(21)20-17-4-2-3-16(11-17)19(22)23/h2-11,22-23H,1H3,(H,20,21). The van der Waals surface area contributed by atoms with Crippen LogP contribution in [-0.4, -0.2) is 23.1 Å². The number of carbonyl (C=O) groups is 1. The summed E-state index contributed by atoms with van der Waals surface area (Å²) in [5, 5.41) is 23.2. The van der Waals surface area contributed by atoms with E-state index in [4.69, 9.17) is 0 Å². The van der Waals surface area contributed by atoms with Crippen LogP contribution in [0.2, 0.25) is 0 Å². The van der Waals surface area contributed by atoms with E-state index in [-0.39, 0.29) is 5.91 Å². The molecule has 1 amide bonds. The molecule has 0 aliphatic heterocycles. The molecule has 0 aliphatic rings. The number of fused-ring (bicyclic) bond motifs is 1. The van der Waals surface area contributed by atoms with Crippen molar-refractivity contribution in [3.63, 3.8) is 0 Å². The second kappa shape index (κ2) is 6.24. The summed E-state index contributed by atoms with van der Waals surface area (Å²) in [6.07, 6.45) is 0. The Morgan fingerprint density at radius 2 is 1.70 bits per heavy atom. The first kappa shape index (κ1) is 15.3. The van der Waals surface area contributed by atoms with Gasteiger partial charge < -0.3 is 15.4 Å². The lowest BCUT2D eigenvalue weighted by atomic mass is 9.80. The van der Waals surface area contributed by atoms with Gasteiger partial charge in [0.05, 0.1) is 0 Å². The summed E-state index contributed by atoms with van der Waals surface area (Å²) >= 11 is 0. The zero-order valence-corrected chi connectivity index (χ0v) is 12.7. The molecule has 0 atom stereocenters. The first-order chi connectivity index (χ1) is 11.0. The minimum absolute atomic E-state index is 0.239. The molecule has 3 N–H and O–H groups in total. The van der Waals surface area contributed by atoms with Crippen molar-refractivity contribution in [1.82, 2.24) is 0 Å². The van der Waals surface area contributed by atoms with Crippen LogP contribution in [0.15, 0.2) is 60.7 Å². The molecule has 0 radical (unpaired) electrons. The highest BCUT2D eigenvalue weighted by molar-refractivity contribution is 6.58. The van der Waals surface area contributed by atoms with Gasteiger partial charge in [-0.2, -0.15) is 0 Å². The molecule has 5 heteroatoms. The van der Waals surface area contributed by atoms with Crippen molar-refractivity contribution in [3.8, 4) is 0 Å². The van der Waals surface area contributed by atoms with Crippen LogP contribution in [0, 0.1) is 6.92 Å². The van der Waals surface area contributed by atoms with Crippen LogP contribution in [0.5, 0.6) is 0 Å². The molecule has 0 spiro atoms. The van der Waals surface area contributed by atoms with E-state index in [0.717, 1.165) is 10.8 Å². The van der Waals surface area contributed by atoms with Crippen molar-refractivity contribution in [2.75, 3.05) is 5.32 Å². The maximum Gasteiger partial charge on any atom is 0.488 e. The fourth-order valence-electron chi connectivity index (χ4n) is 2.49. The molecule has 0 fully saturated rings. The minimum atomic E-state index is -1.56. The van der Waals surface area contributed by atoms with E-state index in [0.29, 0.717) is 16.7 Å². The number of hydrogen-bond acceptors (Lipinski definition) is 3. The van der Waals surface area contributed by atoms with Gasteiger partial charge in [0.1, 0.15) is 0 Å². The summed E-state index contributed by atoms with van der Waals surface area (Å²) in [6.45, 7) is 2.03. The third-order valence-corrected chi connectivity index (χ3v) is 3.70. The zero-order chi connectivity index (χ0) is 16.4. The van der Waals surface area contributed by atoms with Crippen molar-refractivity contribution in [3.05, 3.63) is 71.8 Å². The number of rotatable bonds is 3. The van der Waals surface area contributed by atoms with E-state index in [1.54, 1.807) is 24.3 Å². The molecule has 3 rings (SSSR count). The van der Waals surface area contributed by atoms with Gasteiger partial charge in [0.15, 0.2) is 0 Å². The monoisotopic (exact) mass is 305 g/mol. The molecular formula is C18H16BNO3. The Balaban J connectivity index is 1.85. The lowest BCUT2D eigenvalue weighted by Gasteiger charge is -2.08. The average molecular weight is 305 g/mol. The Kier molecular flexibility index (Phi) is 4.15. The summed E-state index contributed by atoms with van der Waals surface area (Å²) in [5.41, 5.74) is 2.58. The molecule has 23 heavy (non-hydrogen) atoms. The van der Waals surface area contributed by atoms with E-state index in [1.807, 2.05) is 31.2 Å². The maximum atomic E-state index is 12.4. The number of carbonyl (C=O) groups excluding carboxylic acids is 1. The van der Waals surface area contributed by atoms with Crippen molar-refractivity contribution in [2.24, 2.45) is 0 Å². The average Bonchev–Trinajstić information content (AvgIpc) is 2.54. The first-order valence-corrected chi connectivity index (χ1v) is 7.31. The van der Waals surface area contributed by atoms with Gasteiger partial charge in [-0.25, -0.2) is 0 Å². The fraction of sp³-hybridized carbons (Fsp3) is 0.0556. The topological polar surface area (TPSA) is 69.6 Å². The summed E-state index contributed by atoms with van der Waals surface area (Å²) in [5.74, 6) is -0.239. The van der Waals surface area contributed by atoms with Gasteiger partial charge in [0.25, 0.3) is 5.91 Å². The molecule has 0 heterocycles. The van der Waals surface area contributed by atoms with Crippen molar-refractivity contribution in [2.45, 2.75) is 6.92 Å². The third-order valence-electron chi connectivity index (χ3n) is 3.70. The SMILES string of the molecule is Cc1ccc2cc(C(=O)Nc3cccc(B(O)O)c3)ccc2c1. The van der Waals surface area contributed by atoms with Crippen molar-refractivity contribution < 1.29 is 14.8 Å². The maximum absolute atomic E-state index is 12.4. The van der Waals surface area contributed by atoms with E-state index in [2.05, 4.69) is 11.4 Å². The van der Waals surface area contributed by atoms with Crippen LogP contribution < -0.4 is 10.8 Å². The Hall–Kier alpha value is -2.63. The molecule has 4 nitrogen and oxygen atoms in total.